The Morgan fingerprint density at radius 2 is 1.95 bits per heavy atom. The molecule has 2 heterocycles. The summed E-state index contributed by atoms with van der Waals surface area (Å²) >= 11 is 0. The van der Waals surface area contributed by atoms with Gasteiger partial charge in [0.15, 0.2) is 0 Å². The second kappa shape index (κ2) is 5.88. The Labute approximate surface area is 122 Å². The number of furan rings is 1. The fraction of sp³-hybridized carbons (Fsp3) is 0.750. The molecule has 1 aromatic rings. The number of hydrogen-bond donors (Lipinski definition) is 1. The fourth-order valence-corrected chi connectivity index (χ4v) is 3.07. The summed E-state index contributed by atoms with van der Waals surface area (Å²) in [4.78, 5) is 5.03. The van der Waals surface area contributed by atoms with Gasteiger partial charge in [-0.2, -0.15) is 0 Å². The minimum atomic E-state index is 0.624. The molecule has 2 atom stereocenters. The maximum absolute atomic E-state index is 5.66. The summed E-state index contributed by atoms with van der Waals surface area (Å²) in [7, 11) is 2.23. The molecule has 3 rings (SSSR count). The lowest BCUT2D eigenvalue weighted by atomic mass is 10.1. The van der Waals surface area contributed by atoms with Gasteiger partial charge in [-0.3, -0.25) is 9.80 Å². The molecule has 20 heavy (non-hydrogen) atoms. The van der Waals surface area contributed by atoms with E-state index in [9.17, 15) is 0 Å². The molecule has 4 nitrogen and oxygen atoms in total. The summed E-state index contributed by atoms with van der Waals surface area (Å²) in [5.74, 6) is 1.12. The number of likely N-dealkylation sites (N-methyl/N-ethyl adjacent to an activating group) is 1. The summed E-state index contributed by atoms with van der Waals surface area (Å²) < 4.78 is 5.66. The number of nitrogens with zero attached hydrogens (tertiary/aromatic N) is 2. The van der Waals surface area contributed by atoms with Crippen LogP contribution in [-0.4, -0.2) is 48.1 Å². The van der Waals surface area contributed by atoms with Gasteiger partial charge < -0.3 is 9.73 Å². The van der Waals surface area contributed by atoms with Crippen LogP contribution in [0.3, 0.4) is 0 Å². The van der Waals surface area contributed by atoms with Crippen molar-refractivity contribution >= 4 is 0 Å². The highest BCUT2D eigenvalue weighted by atomic mass is 16.3. The molecule has 0 amide bonds. The van der Waals surface area contributed by atoms with E-state index in [1.54, 1.807) is 0 Å². The zero-order valence-corrected chi connectivity index (χ0v) is 12.9. The number of hydrogen-bond acceptors (Lipinski definition) is 4. The molecule has 1 saturated heterocycles. The van der Waals surface area contributed by atoms with Crippen molar-refractivity contribution in [2.45, 2.75) is 57.9 Å². The SMILES string of the molecule is CC1CN(Cc2ccoc2CNC2CC2)CC(C)N1C. The van der Waals surface area contributed by atoms with Gasteiger partial charge in [-0.1, -0.05) is 0 Å². The van der Waals surface area contributed by atoms with Gasteiger partial charge in [0, 0.05) is 43.3 Å². The molecule has 1 N–H and O–H groups in total. The minimum absolute atomic E-state index is 0.624. The second-order valence-electron chi connectivity index (χ2n) is 6.58. The van der Waals surface area contributed by atoms with Crippen LogP contribution in [0.25, 0.3) is 0 Å². The molecule has 2 fully saturated rings. The van der Waals surface area contributed by atoms with Gasteiger partial charge in [0.25, 0.3) is 0 Å². The molecule has 0 aromatic carbocycles. The normalized spacial score (nSPS) is 28.9. The molecule has 0 bridgehead atoms. The van der Waals surface area contributed by atoms with Crippen LogP contribution in [0, 0.1) is 0 Å². The number of piperazine rings is 1. The molecular formula is C16H27N3O. The van der Waals surface area contributed by atoms with E-state index in [1.165, 1.54) is 18.4 Å². The van der Waals surface area contributed by atoms with Crippen LogP contribution in [0.15, 0.2) is 16.7 Å². The first kappa shape index (κ1) is 14.1. The molecule has 2 aliphatic rings. The maximum Gasteiger partial charge on any atom is 0.122 e. The number of rotatable bonds is 5. The van der Waals surface area contributed by atoms with Crippen molar-refractivity contribution in [3.63, 3.8) is 0 Å². The first-order chi connectivity index (χ1) is 9.63. The van der Waals surface area contributed by atoms with Crippen LogP contribution < -0.4 is 5.32 Å². The molecule has 1 aromatic heterocycles. The lowest BCUT2D eigenvalue weighted by Crippen LogP contribution is -2.54. The van der Waals surface area contributed by atoms with Gasteiger partial charge in [0.1, 0.15) is 5.76 Å². The van der Waals surface area contributed by atoms with Crippen LogP contribution in [0.4, 0.5) is 0 Å². The van der Waals surface area contributed by atoms with Gasteiger partial charge >= 0.3 is 0 Å². The summed E-state index contributed by atoms with van der Waals surface area (Å²) in [5, 5.41) is 3.54. The van der Waals surface area contributed by atoms with Crippen molar-refractivity contribution in [1.29, 1.82) is 0 Å². The van der Waals surface area contributed by atoms with Crippen molar-refractivity contribution in [3.05, 3.63) is 23.7 Å². The highest BCUT2D eigenvalue weighted by Gasteiger charge is 2.27. The lowest BCUT2D eigenvalue weighted by Gasteiger charge is -2.42. The highest BCUT2D eigenvalue weighted by molar-refractivity contribution is 5.17. The molecule has 4 heteroatoms. The molecule has 112 valence electrons. The monoisotopic (exact) mass is 277 g/mol. The first-order valence-electron chi connectivity index (χ1n) is 7.86. The van der Waals surface area contributed by atoms with Crippen molar-refractivity contribution in [3.8, 4) is 0 Å². The summed E-state index contributed by atoms with van der Waals surface area (Å²) in [5.41, 5.74) is 1.35. The molecule has 0 radical (unpaired) electrons. The number of nitrogens with one attached hydrogen (secondary N) is 1. The predicted octanol–water partition coefficient (Wildman–Crippen LogP) is 2.06. The maximum atomic E-state index is 5.66. The van der Waals surface area contributed by atoms with Gasteiger partial charge in [-0.05, 0) is 39.8 Å². The van der Waals surface area contributed by atoms with E-state index < -0.39 is 0 Å². The minimum Gasteiger partial charge on any atom is -0.468 e. The van der Waals surface area contributed by atoms with E-state index in [1.807, 2.05) is 6.26 Å². The zero-order chi connectivity index (χ0) is 14.1. The van der Waals surface area contributed by atoms with Gasteiger partial charge in [0.05, 0.1) is 12.8 Å². The highest BCUT2D eigenvalue weighted by Crippen LogP contribution is 2.22. The smallest absolute Gasteiger partial charge is 0.122 e. The zero-order valence-electron chi connectivity index (χ0n) is 12.9. The Bertz CT molecular complexity index is 429. The molecule has 1 saturated carbocycles. The van der Waals surface area contributed by atoms with E-state index >= 15 is 0 Å². The van der Waals surface area contributed by atoms with Gasteiger partial charge in [-0.25, -0.2) is 0 Å². The third-order valence-corrected chi connectivity index (χ3v) is 4.80. The van der Waals surface area contributed by atoms with Crippen molar-refractivity contribution in [1.82, 2.24) is 15.1 Å². The average Bonchev–Trinajstić information content (AvgIpc) is 3.14. The lowest BCUT2D eigenvalue weighted by molar-refractivity contribution is 0.0553. The van der Waals surface area contributed by atoms with E-state index in [0.29, 0.717) is 12.1 Å². The third-order valence-electron chi connectivity index (χ3n) is 4.80. The van der Waals surface area contributed by atoms with E-state index in [-0.39, 0.29) is 0 Å². The largest absolute Gasteiger partial charge is 0.468 e. The van der Waals surface area contributed by atoms with Crippen LogP contribution in [0.5, 0.6) is 0 Å². The Balaban J connectivity index is 1.58. The van der Waals surface area contributed by atoms with Crippen LogP contribution in [0.1, 0.15) is 38.0 Å². The third kappa shape index (κ3) is 3.25. The fourth-order valence-electron chi connectivity index (χ4n) is 3.07. The topological polar surface area (TPSA) is 31.7 Å². The molecule has 1 aliphatic heterocycles. The molecule has 2 unspecified atom stereocenters. The van der Waals surface area contributed by atoms with Crippen LogP contribution in [-0.2, 0) is 13.1 Å². The van der Waals surface area contributed by atoms with Crippen LogP contribution >= 0.6 is 0 Å². The quantitative estimate of drug-likeness (QED) is 0.893. The average molecular weight is 277 g/mol. The summed E-state index contributed by atoms with van der Waals surface area (Å²) in [6, 6.07) is 4.12. The van der Waals surface area contributed by atoms with E-state index in [0.717, 1.165) is 38.0 Å². The molecule has 0 spiro atoms. The van der Waals surface area contributed by atoms with E-state index in [2.05, 4.69) is 42.1 Å². The summed E-state index contributed by atoms with van der Waals surface area (Å²) in [6.07, 6.45) is 4.48. The van der Waals surface area contributed by atoms with E-state index in [4.69, 9.17) is 4.42 Å². The Morgan fingerprint density at radius 1 is 1.25 bits per heavy atom. The van der Waals surface area contributed by atoms with Crippen molar-refractivity contribution < 1.29 is 4.42 Å². The van der Waals surface area contributed by atoms with Gasteiger partial charge in [-0.15, -0.1) is 0 Å². The Kier molecular flexibility index (Phi) is 4.15. The molecular weight excluding hydrogens is 250 g/mol. The summed E-state index contributed by atoms with van der Waals surface area (Å²) in [6.45, 7) is 8.80. The van der Waals surface area contributed by atoms with Crippen molar-refractivity contribution in [2.75, 3.05) is 20.1 Å². The van der Waals surface area contributed by atoms with Gasteiger partial charge in [0.2, 0.25) is 0 Å². The standard InChI is InChI=1S/C16H27N3O/c1-12-9-19(10-13(2)18(12)3)11-14-6-7-20-16(14)8-17-15-4-5-15/h6-7,12-13,15,17H,4-5,8-11H2,1-3H3. The predicted molar refractivity (Wildman–Crippen MR) is 80.5 cm³/mol. The second-order valence-corrected chi connectivity index (χ2v) is 6.58. The van der Waals surface area contributed by atoms with Crippen molar-refractivity contribution in [2.24, 2.45) is 0 Å². The van der Waals surface area contributed by atoms with Crippen LogP contribution in [0.2, 0.25) is 0 Å². The molecule has 1 aliphatic carbocycles. The first-order valence-corrected chi connectivity index (χ1v) is 7.86. The Hall–Kier alpha value is -0.840. The Morgan fingerprint density at radius 3 is 2.60 bits per heavy atom.